The molecule has 4 heteroatoms. The summed E-state index contributed by atoms with van der Waals surface area (Å²) < 4.78 is 18.3. The Labute approximate surface area is 101 Å². The molecule has 1 aromatic rings. The van der Waals surface area contributed by atoms with E-state index in [9.17, 15) is 9.50 Å². The third-order valence-corrected chi connectivity index (χ3v) is 3.50. The highest BCUT2D eigenvalue weighted by molar-refractivity contribution is 5.29. The molecular formula is C13H18FNO2. The van der Waals surface area contributed by atoms with Crippen molar-refractivity contribution in [3.05, 3.63) is 29.6 Å². The van der Waals surface area contributed by atoms with Gasteiger partial charge in [-0.05, 0) is 37.0 Å². The number of rotatable bonds is 5. The van der Waals surface area contributed by atoms with Crippen LogP contribution in [0.25, 0.3) is 0 Å². The van der Waals surface area contributed by atoms with Crippen LogP contribution < -0.4 is 10.1 Å². The molecule has 2 N–H and O–H groups in total. The minimum absolute atomic E-state index is 0.142. The Bertz CT molecular complexity index is 385. The highest BCUT2D eigenvalue weighted by Gasteiger charge is 2.35. The van der Waals surface area contributed by atoms with Crippen LogP contribution in [0.15, 0.2) is 18.2 Å². The van der Waals surface area contributed by atoms with Gasteiger partial charge in [-0.1, -0.05) is 6.07 Å². The monoisotopic (exact) mass is 239 g/mol. The van der Waals surface area contributed by atoms with E-state index in [0.717, 1.165) is 24.8 Å². The summed E-state index contributed by atoms with van der Waals surface area (Å²) >= 11 is 0. The second-order valence-electron chi connectivity index (χ2n) is 4.61. The number of hydrogen-bond donors (Lipinski definition) is 2. The molecule has 94 valence electrons. The van der Waals surface area contributed by atoms with E-state index in [1.807, 2.05) is 6.07 Å². The van der Waals surface area contributed by atoms with Crippen LogP contribution in [0.1, 0.15) is 24.8 Å². The van der Waals surface area contributed by atoms with Crippen molar-refractivity contribution in [2.45, 2.75) is 31.3 Å². The van der Waals surface area contributed by atoms with Gasteiger partial charge in [0.2, 0.25) is 0 Å². The number of aliphatic hydroxyl groups is 1. The summed E-state index contributed by atoms with van der Waals surface area (Å²) in [6.07, 6.45) is 3.12. The molecule has 17 heavy (non-hydrogen) atoms. The summed E-state index contributed by atoms with van der Waals surface area (Å²) in [4.78, 5) is 0. The number of nitrogens with one attached hydrogen (secondary N) is 1. The average molecular weight is 239 g/mol. The Morgan fingerprint density at radius 1 is 1.47 bits per heavy atom. The van der Waals surface area contributed by atoms with Gasteiger partial charge in [-0.15, -0.1) is 0 Å². The minimum atomic E-state index is -0.349. The summed E-state index contributed by atoms with van der Waals surface area (Å²) in [5.74, 6) is -0.0901. The Morgan fingerprint density at radius 3 is 2.71 bits per heavy atom. The molecule has 0 atom stereocenters. The molecule has 0 aliphatic heterocycles. The lowest BCUT2D eigenvalue weighted by atomic mass is 9.77. The van der Waals surface area contributed by atoms with Crippen LogP contribution in [-0.2, 0) is 6.54 Å². The van der Waals surface area contributed by atoms with Crippen LogP contribution in [0.4, 0.5) is 4.39 Å². The molecule has 1 saturated carbocycles. The highest BCUT2D eigenvalue weighted by atomic mass is 19.1. The van der Waals surface area contributed by atoms with Gasteiger partial charge in [-0.25, -0.2) is 4.39 Å². The Hall–Kier alpha value is -1.13. The molecule has 0 unspecified atom stereocenters. The van der Waals surface area contributed by atoms with Crippen molar-refractivity contribution < 1.29 is 14.2 Å². The van der Waals surface area contributed by atoms with Crippen molar-refractivity contribution in [1.82, 2.24) is 5.32 Å². The van der Waals surface area contributed by atoms with Gasteiger partial charge in [0.15, 0.2) is 11.6 Å². The normalized spacial score (nSPS) is 17.6. The molecule has 1 aliphatic carbocycles. The predicted octanol–water partition coefficient (Wildman–Crippen LogP) is 1.84. The second kappa shape index (κ2) is 5.02. The van der Waals surface area contributed by atoms with E-state index in [-0.39, 0.29) is 23.7 Å². The maximum Gasteiger partial charge on any atom is 0.165 e. The highest BCUT2D eigenvalue weighted by Crippen LogP contribution is 2.31. The van der Waals surface area contributed by atoms with Gasteiger partial charge in [-0.3, -0.25) is 0 Å². The van der Waals surface area contributed by atoms with Gasteiger partial charge >= 0.3 is 0 Å². The Morgan fingerprint density at radius 2 is 2.24 bits per heavy atom. The third kappa shape index (κ3) is 2.58. The van der Waals surface area contributed by atoms with Gasteiger partial charge < -0.3 is 15.2 Å². The lowest BCUT2D eigenvalue weighted by Crippen LogP contribution is -2.53. The van der Waals surface area contributed by atoms with Crippen molar-refractivity contribution >= 4 is 0 Å². The largest absolute Gasteiger partial charge is 0.494 e. The number of ether oxygens (including phenoxy) is 1. The molecule has 0 spiro atoms. The smallest absolute Gasteiger partial charge is 0.165 e. The SMILES string of the molecule is COc1ccc(CNC2(CO)CCC2)cc1F. The zero-order valence-corrected chi connectivity index (χ0v) is 10.0. The van der Waals surface area contributed by atoms with E-state index in [2.05, 4.69) is 5.32 Å². The molecular weight excluding hydrogens is 221 g/mol. The summed E-state index contributed by atoms with van der Waals surface area (Å²) in [5.41, 5.74) is 0.721. The number of hydrogen-bond acceptors (Lipinski definition) is 3. The Balaban J connectivity index is 1.97. The number of aliphatic hydroxyl groups excluding tert-OH is 1. The minimum Gasteiger partial charge on any atom is -0.494 e. The molecule has 0 amide bonds. The van der Waals surface area contributed by atoms with E-state index in [1.54, 1.807) is 6.07 Å². The van der Waals surface area contributed by atoms with E-state index >= 15 is 0 Å². The molecule has 2 rings (SSSR count). The number of methoxy groups -OCH3 is 1. The van der Waals surface area contributed by atoms with Crippen LogP contribution in [0, 0.1) is 5.82 Å². The third-order valence-electron chi connectivity index (χ3n) is 3.50. The van der Waals surface area contributed by atoms with Gasteiger partial charge in [0, 0.05) is 12.1 Å². The van der Waals surface area contributed by atoms with Crippen molar-refractivity contribution in [1.29, 1.82) is 0 Å². The first-order valence-electron chi connectivity index (χ1n) is 5.87. The standard InChI is InChI=1S/C13H18FNO2/c1-17-12-4-3-10(7-11(12)14)8-15-13(9-16)5-2-6-13/h3-4,7,15-16H,2,5-6,8-9H2,1H3. The van der Waals surface area contributed by atoms with Crippen LogP contribution >= 0.6 is 0 Å². The second-order valence-corrected chi connectivity index (χ2v) is 4.61. The summed E-state index contributed by atoms with van der Waals surface area (Å²) in [7, 11) is 1.45. The maximum atomic E-state index is 13.4. The van der Waals surface area contributed by atoms with Gasteiger partial charge in [0.25, 0.3) is 0 Å². The zero-order chi connectivity index (χ0) is 12.3. The molecule has 1 aromatic carbocycles. The molecule has 3 nitrogen and oxygen atoms in total. The first-order valence-corrected chi connectivity index (χ1v) is 5.87. The maximum absolute atomic E-state index is 13.4. The fourth-order valence-electron chi connectivity index (χ4n) is 2.10. The summed E-state index contributed by atoms with van der Waals surface area (Å²) in [6.45, 7) is 0.715. The first kappa shape index (κ1) is 12.3. The fourth-order valence-corrected chi connectivity index (χ4v) is 2.10. The van der Waals surface area contributed by atoms with Crippen LogP contribution in [0.5, 0.6) is 5.75 Å². The lowest BCUT2D eigenvalue weighted by Gasteiger charge is -2.41. The van der Waals surface area contributed by atoms with Crippen molar-refractivity contribution in [3.63, 3.8) is 0 Å². The van der Waals surface area contributed by atoms with Crippen LogP contribution in [0.2, 0.25) is 0 Å². The number of benzene rings is 1. The number of halogens is 1. The van der Waals surface area contributed by atoms with Crippen molar-refractivity contribution in [2.75, 3.05) is 13.7 Å². The molecule has 0 heterocycles. The van der Waals surface area contributed by atoms with Crippen LogP contribution in [0.3, 0.4) is 0 Å². The van der Waals surface area contributed by atoms with Crippen molar-refractivity contribution in [3.8, 4) is 5.75 Å². The molecule has 1 aliphatic rings. The topological polar surface area (TPSA) is 41.5 Å². The predicted molar refractivity (Wildman–Crippen MR) is 63.5 cm³/mol. The fraction of sp³-hybridized carbons (Fsp3) is 0.538. The van der Waals surface area contributed by atoms with Gasteiger partial charge in [0.1, 0.15) is 0 Å². The molecule has 0 bridgehead atoms. The molecule has 0 saturated heterocycles. The van der Waals surface area contributed by atoms with E-state index in [1.165, 1.54) is 13.2 Å². The van der Waals surface area contributed by atoms with E-state index in [4.69, 9.17) is 4.74 Å². The molecule has 0 aromatic heterocycles. The average Bonchev–Trinajstić information content (AvgIpc) is 2.28. The Kier molecular flexibility index (Phi) is 3.64. The van der Waals surface area contributed by atoms with Crippen molar-refractivity contribution in [2.24, 2.45) is 0 Å². The lowest BCUT2D eigenvalue weighted by molar-refractivity contribution is 0.0872. The molecule has 1 fully saturated rings. The van der Waals surface area contributed by atoms with Gasteiger partial charge in [0.05, 0.1) is 13.7 Å². The molecule has 0 radical (unpaired) electrons. The van der Waals surface area contributed by atoms with E-state index in [0.29, 0.717) is 6.54 Å². The van der Waals surface area contributed by atoms with E-state index < -0.39 is 0 Å². The van der Waals surface area contributed by atoms with Gasteiger partial charge in [-0.2, -0.15) is 0 Å². The summed E-state index contributed by atoms with van der Waals surface area (Å²) in [6, 6.07) is 4.92. The first-order chi connectivity index (χ1) is 8.19. The quantitative estimate of drug-likeness (QED) is 0.823. The summed E-state index contributed by atoms with van der Waals surface area (Å²) in [5, 5.41) is 12.6. The zero-order valence-electron chi connectivity index (χ0n) is 10.0. The van der Waals surface area contributed by atoms with Crippen LogP contribution in [-0.4, -0.2) is 24.4 Å².